The Hall–Kier alpha value is -1.31. The van der Waals surface area contributed by atoms with E-state index in [2.05, 4.69) is 61.3 Å². The van der Waals surface area contributed by atoms with Crippen molar-refractivity contribution in [3.05, 3.63) is 35.9 Å². The summed E-state index contributed by atoms with van der Waals surface area (Å²) in [7, 11) is 1.47. The number of guanidine groups is 1. The molecule has 5 nitrogen and oxygen atoms in total. The number of aliphatic imine (C=N–C) groups is 1. The van der Waals surface area contributed by atoms with Crippen LogP contribution in [0, 0.1) is 11.8 Å². The van der Waals surface area contributed by atoms with E-state index in [1.54, 1.807) is 0 Å². The molecule has 0 aromatic heterocycles. The summed E-state index contributed by atoms with van der Waals surface area (Å²) >= 11 is 0. The van der Waals surface area contributed by atoms with Crippen molar-refractivity contribution < 1.29 is 9.53 Å². The zero-order valence-corrected chi connectivity index (χ0v) is 19.3. The van der Waals surface area contributed by atoms with Gasteiger partial charge in [0.15, 0.2) is 5.96 Å². The number of halogens is 1. The average Bonchev–Trinajstić information content (AvgIpc) is 2.67. The van der Waals surface area contributed by atoms with Crippen molar-refractivity contribution in [2.45, 2.75) is 39.5 Å². The van der Waals surface area contributed by atoms with Crippen molar-refractivity contribution in [1.29, 1.82) is 0 Å². The summed E-state index contributed by atoms with van der Waals surface area (Å²) in [6, 6.07) is 10.6. The Labute approximate surface area is 181 Å². The Morgan fingerprint density at radius 3 is 2.41 bits per heavy atom. The van der Waals surface area contributed by atoms with Gasteiger partial charge in [-0.15, -0.1) is 24.0 Å². The van der Waals surface area contributed by atoms with Gasteiger partial charge in [0, 0.05) is 32.1 Å². The van der Waals surface area contributed by atoms with Crippen molar-refractivity contribution in [3.63, 3.8) is 0 Å². The van der Waals surface area contributed by atoms with Crippen LogP contribution in [0.2, 0.25) is 0 Å². The number of piperidine rings is 1. The highest BCUT2D eigenvalue weighted by Crippen LogP contribution is 2.25. The van der Waals surface area contributed by atoms with E-state index in [9.17, 15) is 4.79 Å². The summed E-state index contributed by atoms with van der Waals surface area (Å²) in [6.07, 6.45) is 1.65. The van der Waals surface area contributed by atoms with Gasteiger partial charge in [0.2, 0.25) is 0 Å². The maximum absolute atomic E-state index is 11.7. The maximum Gasteiger partial charge on any atom is 0.308 e. The first kappa shape index (κ1) is 23.7. The van der Waals surface area contributed by atoms with Gasteiger partial charge in [-0.3, -0.25) is 9.79 Å². The maximum atomic E-state index is 11.7. The molecule has 0 bridgehead atoms. The van der Waals surface area contributed by atoms with Crippen molar-refractivity contribution in [1.82, 2.24) is 10.2 Å². The summed E-state index contributed by atoms with van der Waals surface area (Å²) in [6.45, 7) is 9.87. The van der Waals surface area contributed by atoms with Gasteiger partial charge in [0.25, 0.3) is 0 Å². The molecule has 1 aliphatic rings. The van der Waals surface area contributed by atoms with Gasteiger partial charge in [-0.25, -0.2) is 0 Å². The highest BCUT2D eigenvalue weighted by atomic mass is 127. The molecule has 2 rings (SSSR count). The van der Waals surface area contributed by atoms with Gasteiger partial charge < -0.3 is 15.0 Å². The molecule has 1 aliphatic heterocycles. The molecule has 27 heavy (non-hydrogen) atoms. The molecule has 1 N–H and O–H groups in total. The highest BCUT2D eigenvalue weighted by Gasteiger charge is 2.27. The van der Waals surface area contributed by atoms with Crippen molar-refractivity contribution in [2.24, 2.45) is 16.8 Å². The molecule has 0 amide bonds. The number of methoxy groups -OCH3 is 1. The van der Waals surface area contributed by atoms with E-state index in [0.29, 0.717) is 11.8 Å². The number of carbonyl (C=O) groups excluding carboxylic acids is 1. The molecule has 1 aromatic carbocycles. The van der Waals surface area contributed by atoms with Gasteiger partial charge in [-0.2, -0.15) is 0 Å². The second-order valence-electron chi connectivity index (χ2n) is 7.24. The van der Waals surface area contributed by atoms with Crippen LogP contribution in [0.25, 0.3) is 0 Å². The third kappa shape index (κ3) is 6.97. The molecule has 1 unspecified atom stereocenters. The van der Waals surface area contributed by atoms with Gasteiger partial charge in [0.05, 0.1) is 13.0 Å². The monoisotopic (exact) mass is 487 g/mol. The molecule has 0 radical (unpaired) electrons. The van der Waals surface area contributed by atoms with Crippen LogP contribution in [0.3, 0.4) is 0 Å². The third-order valence-corrected chi connectivity index (χ3v) is 5.13. The number of rotatable bonds is 6. The van der Waals surface area contributed by atoms with E-state index in [1.165, 1.54) is 12.7 Å². The largest absolute Gasteiger partial charge is 0.469 e. The van der Waals surface area contributed by atoms with Gasteiger partial charge in [-0.05, 0) is 31.2 Å². The molecular weight excluding hydrogens is 453 g/mol. The zero-order chi connectivity index (χ0) is 18.9. The van der Waals surface area contributed by atoms with E-state index < -0.39 is 0 Å². The Bertz CT molecular complexity index is 584. The standard InChI is InChI=1S/C21H33N3O2.HI/c1-5-22-21(24-13-11-18(12-14-24)20(25)26-4)23-15-19(16(2)3)17-9-7-6-8-10-17;/h6-10,16,18-19H,5,11-15H2,1-4H3,(H,22,23);1H. The molecule has 1 saturated heterocycles. The van der Waals surface area contributed by atoms with Crippen molar-refractivity contribution in [3.8, 4) is 0 Å². The lowest BCUT2D eigenvalue weighted by Gasteiger charge is -2.33. The fourth-order valence-corrected chi connectivity index (χ4v) is 3.51. The van der Waals surface area contributed by atoms with Crippen LogP contribution in [0.15, 0.2) is 35.3 Å². The molecule has 1 atom stereocenters. The summed E-state index contributed by atoms with van der Waals surface area (Å²) in [4.78, 5) is 18.9. The Balaban J connectivity index is 0.00000364. The number of hydrogen-bond donors (Lipinski definition) is 1. The molecule has 1 heterocycles. The minimum Gasteiger partial charge on any atom is -0.469 e. The minimum atomic E-state index is -0.0875. The lowest BCUT2D eigenvalue weighted by molar-refractivity contribution is -0.146. The van der Waals surface area contributed by atoms with E-state index in [4.69, 9.17) is 9.73 Å². The topological polar surface area (TPSA) is 53.9 Å². The van der Waals surface area contributed by atoms with Crippen LogP contribution in [0.4, 0.5) is 0 Å². The van der Waals surface area contributed by atoms with E-state index in [-0.39, 0.29) is 35.9 Å². The fraction of sp³-hybridized carbons (Fsp3) is 0.619. The number of esters is 1. The Morgan fingerprint density at radius 1 is 1.26 bits per heavy atom. The molecule has 0 aliphatic carbocycles. The summed E-state index contributed by atoms with van der Waals surface area (Å²) in [5.74, 6) is 1.81. The van der Waals surface area contributed by atoms with E-state index >= 15 is 0 Å². The predicted molar refractivity (Wildman–Crippen MR) is 122 cm³/mol. The number of hydrogen-bond acceptors (Lipinski definition) is 3. The smallest absolute Gasteiger partial charge is 0.308 e. The van der Waals surface area contributed by atoms with E-state index in [0.717, 1.165) is 45.0 Å². The average molecular weight is 487 g/mol. The lowest BCUT2D eigenvalue weighted by atomic mass is 9.88. The fourth-order valence-electron chi connectivity index (χ4n) is 3.51. The SMILES string of the molecule is CCNC(=NCC(c1ccccc1)C(C)C)N1CCC(C(=O)OC)CC1.I. The Kier molecular flexibility index (Phi) is 10.7. The summed E-state index contributed by atoms with van der Waals surface area (Å²) in [5, 5.41) is 3.42. The van der Waals surface area contributed by atoms with Gasteiger partial charge in [-0.1, -0.05) is 44.2 Å². The summed E-state index contributed by atoms with van der Waals surface area (Å²) in [5.41, 5.74) is 1.34. The van der Waals surface area contributed by atoms with Crippen LogP contribution >= 0.6 is 24.0 Å². The van der Waals surface area contributed by atoms with Gasteiger partial charge in [0.1, 0.15) is 0 Å². The minimum absolute atomic E-state index is 0. The van der Waals surface area contributed by atoms with E-state index in [1.807, 2.05) is 0 Å². The normalized spacial score (nSPS) is 16.6. The lowest BCUT2D eigenvalue weighted by Crippen LogP contribution is -2.46. The third-order valence-electron chi connectivity index (χ3n) is 5.13. The molecule has 0 saturated carbocycles. The van der Waals surface area contributed by atoms with Crippen molar-refractivity contribution in [2.75, 3.05) is 33.3 Å². The molecule has 1 aromatic rings. The number of carbonyl (C=O) groups is 1. The first-order chi connectivity index (χ1) is 12.6. The van der Waals surface area contributed by atoms with Crippen LogP contribution in [-0.2, 0) is 9.53 Å². The quantitative estimate of drug-likeness (QED) is 0.286. The molecule has 152 valence electrons. The molecular formula is C21H34IN3O2. The second-order valence-corrected chi connectivity index (χ2v) is 7.24. The highest BCUT2D eigenvalue weighted by molar-refractivity contribution is 14.0. The second kappa shape index (κ2) is 12.2. The number of ether oxygens (including phenoxy) is 1. The van der Waals surface area contributed by atoms with Crippen LogP contribution in [0.5, 0.6) is 0 Å². The number of nitrogens with one attached hydrogen (secondary N) is 1. The summed E-state index contributed by atoms with van der Waals surface area (Å²) < 4.78 is 4.88. The van der Waals surface area contributed by atoms with Crippen LogP contribution < -0.4 is 5.32 Å². The van der Waals surface area contributed by atoms with Crippen molar-refractivity contribution >= 4 is 35.9 Å². The predicted octanol–water partition coefficient (Wildman–Crippen LogP) is 3.89. The van der Waals surface area contributed by atoms with Crippen LogP contribution in [0.1, 0.15) is 45.1 Å². The first-order valence-corrected chi connectivity index (χ1v) is 9.72. The molecule has 1 fully saturated rings. The number of benzene rings is 1. The first-order valence-electron chi connectivity index (χ1n) is 9.72. The molecule has 6 heteroatoms. The Morgan fingerprint density at radius 2 is 1.89 bits per heavy atom. The number of nitrogens with zero attached hydrogens (tertiary/aromatic N) is 2. The molecule has 0 spiro atoms. The van der Waals surface area contributed by atoms with Crippen LogP contribution in [-0.4, -0.2) is 50.1 Å². The number of likely N-dealkylation sites (tertiary alicyclic amines) is 1. The van der Waals surface area contributed by atoms with Gasteiger partial charge >= 0.3 is 5.97 Å². The zero-order valence-electron chi connectivity index (χ0n) is 17.0.